The van der Waals surface area contributed by atoms with Gasteiger partial charge in [-0.15, -0.1) is 11.8 Å². The molecule has 0 aromatic heterocycles. The summed E-state index contributed by atoms with van der Waals surface area (Å²) in [7, 11) is 0. The van der Waals surface area contributed by atoms with E-state index < -0.39 is 5.97 Å². The van der Waals surface area contributed by atoms with Gasteiger partial charge in [-0.2, -0.15) is 0 Å². The summed E-state index contributed by atoms with van der Waals surface area (Å²) in [6.45, 7) is 0.317. The van der Waals surface area contributed by atoms with Crippen LogP contribution in [0, 0.1) is 11.8 Å². The molecule has 3 nitrogen and oxygen atoms in total. The molecule has 0 fully saturated rings. The Labute approximate surface area is 117 Å². The molecule has 0 heterocycles. The van der Waals surface area contributed by atoms with Gasteiger partial charge in [-0.1, -0.05) is 32.1 Å². The van der Waals surface area contributed by atoms with Crippen LogP contribution in [0.2, 0.25) is 0 Å². The normalized spacial score (nSPS) is 9.95. The molecular formula is C16H28O3. The van der Waals surface area contributed by atoms with Gasteiger partial charge < -0.3 is 10.2 Å². The average Bonchev–Trinajstić information content (AvgIpc) is 2.39. The maximum atomic E-state index is 10.3. The van der Waals surface area contributed by atoms with Gasteiger partial charge in [0, 0.05) is 25.9 Å². The molecule has 0 rings (SSSR count). The fraction of sp³-hybridized carbons (Fsp3) is 0.812. The zero-order chi connectivity index (χ0) is 14.2. The average molecular weight is 268 g/mol. The van der Waals surface area contributed by atoms with Gasteiger partial charge in [-0.3, -0.25) is 4.79 Å². The van der Waals surface area contributed by atoms with Gasteiger partial charge in [-0.05, 0) is 25.7 Å². The van der Waals surface area contributed by atoms with Crippen molar-refractivity contribution in [2.24, 2.45) is 0 Å². The van der Waals surface area contributed by atoms with Crippen molar-refractivity contribution in [2.45, 2.75) is 77.0 Å². The Morgan fingerprint density at radius 3 is 1.74 bits per heavy atom. The van der Waals surface area contributed by atoms with Crippen molar-refractivity contribution < 1.29 is 15.0 Å². The van der Waals surface area contributed by atoms with Crippen LogP contribution in [0.5, 0.6) is 0 Å². The molecule has 0 saturated carbocycles. The summed E-state index contributed by atoms with van der Waals surface area (Å²) in [6.07, 6.45) is 11.9. The van der Waals surface area contributed by atoms with Crippen molar-refractivity contribution in [3.63, 3.8) is 0 Å². The van der Waals surface area contributed by atoms with Crippen LogP contribution in [0.25, 0.3) is 0 Å². The molecule has 3 heteroatoms. The fourth-order valence-electron chi connectivity index (χ4n) is 1.88. The molecule has 110 valence electrons. The van der Waals surface area contributed by atoms with E-state index in [0.29, 0.717) is 6.61 Å². The van der Waals surface area contributed by atoms with Gasteiger partial charge in [0.25, 0.3) is 0 Å². The lowest BCUT2D eigenvalue weighted by molar-refractivity contribution is -0.137. The van der Waals surface area contributed by atoms with Crippen LogP contribution in [0.3, 0.4) is 0 Å². The molecule has 0 aliphatic carbocycles. The van der Waals surface area contributed by atoms with Crippen molar-refractivity contribution in [2.75, 3.05) is 6.61 Å². The summed E-state index contributed by atoms with van der Waals surface area (Å²) >= 11 is 0. The van der Waals surface area contributed by atoms with E-state index in [1.807, 2.05) is 0 Å². The summed E-state index contributed by atoms with van der Waals surface area (Å²) < 4.78 is 0. The van der Waals surface area contributed by atoms with Crippen LogP contribution in [-0.2, 0) is 4.79 Å². The number of aliphatic hydroxyl groups is 1. The van der Waals surface area contributed by atoms with E-state index in [4.69, 9.17) is 10.2 Å². The van der Waals surface area contributed by atoms with Crippen LogP contribution >= 0.6 is 0 Å². The number of carboxylic acid groups (broad SMARTS) is 1. The first-order valence-electron chi connectivity index (χ1n) is 7.55. The number of rotatable bonds is 12. The Bertz CT molecular complexity index is 263. The highest BCUT2D eigenvalue weighted by molar-refractivity contribution is 5.66. The number of hydrogen-bond acceptors (Lipinski definition) is 2. The van der Waals surface area contributed by atoms with E-state index in [0.717, 1.165) is 44.9 Å². The topological polar surface area (TPSA) is 57.5 Å². The van der Waals surface area contributed by atoms with E-state index in [1.54, 1.807) is 0 Å². The molecule has 0 saturated heterocycles. The Morgan fingerprint density at radius 1 is 0.737 bits per heavy atom. The van der Waals surface area contributed by atoms with Crippen molar-refractivity contribution in [1.82, 2.24) is 0 Å². The van der Waals surface area contributed by atoms with Gasteiger partial charge in [0.05, 0.1) is 0 Å². The second-order valence-corrected chi connectivity index (χ2v) is 4.90. The molecule has 0 aliphatic heterocycles. The summed E-state index contributed by atoms with van der Waals surface area (Å²) in [5.41, 5.74) is 0. The lowest BCUT2D eigenvalue weighted by Gasteiger charge is -1.97. The predicted octanol–water partition coefficient (Wildman–Crippen LogP) is 3.75. The zero-order valence-corrected chi connectivity index (χ0v) is 12.0. The summed E-state index contributed by atoms with van der Waals surface area (Å²) in [6, 6.07) is 0. The number of carbonyl (C=O) groups is 1. The Morgan fingerprint density at radius 2 is 1.21 bits per heavy atom. The van der Waals surface area contributed by atoms with Crippen LogP contribution in [0.15, 0.2) is 0 Å². The smallest absolute Gasteiger partial charge is 0.303 e. The molecule has 0 radical (unpaired) electrons. The van der Waals surface area contributed by atoms with E-state index >= 15 is 0 Å². The van der Waals surface area contributed by atoms with Gasteiger partial charge in [0.15, 0.2) is 0 Å². The molecule has 2 N–H and O–H groups in total. The standard InChI is InChI=1S/C16H28O3/c17-15-13-11-9-7-5-3-1-2-4-6-8-10-12-14-16(18)19/h17H,1,3,5-15H2,(H,18,19). The number of carboxylic acids is 1. The third-order valence-corrected chi connectivity index (χ3v) is 3.03. The highest BCUT2D eigenvalue weighted by Gasteiger charge is 1.95. The van der Waals surface area contributed by atoms with Crippen molar-refractivity contribution >= 4 is 5.97 Å². The second kappa shape index (κ2) is 15.0. The quantitative estimate of drug-likeness (QED) is 0.418. The van der Waals surface area contributed by atoms with E-state index in [9.17, 15) is 4.79 Å². The number of unbranched alkanes of at least 4 members (excludes halogenated alkanes) is 9. The minimum absolute atomic E-state index is 0.281. The SMILES string of the molecule is O=C(O)CCCCCC#CCCCCCCCCO. The third kappa shape index (κ3) is 17.0. The maximum Gasteiger partial charge on any atom is 0.303 e. The lowest BCUT2D eigenvalue weighted by atomic mass is 10.1. The first-order chi connectivity index (χ1) is 9.27. The Hall–Kier alpha value is -1.01. The minimum Gasteiger partial charge on any atom is -0.481 e. The largest absolute Gasteiger partial charge is 0.481 e. The highest BCUT2D eigenvalue weighted by atomic mass is 16.4. The van der Waals surface area contributed by atoms with Crippen molar-refractivity contribution in [1.29, 1.82) is 0 Å². The first-order valence-corrected chi connectivity index (χ1v) is 7.55. The lowest BCUT2D eigenvalue weighted by Crippen LogP contribution is -1.93. The highest BCUT2D eigenvalue weighted by Crippen LogP contribution is 2.06. The van der Waals surface area contributed by atoms with Crippen molar-refractivity contribution in [3.8, 4) is 11.8 Å². The molecule has 0 bridgehead atoms. The number of aliphatic hydroxyl groups excluding tert-OH is 1. The molecule has 0 aromatic rings. The first kappa shape index (κ1) is 18.0. The summed E-state index contributed by atoms with van der Waals surface area (Å²) in [5.74, 6) is 5.63. The van der Waals surface area contributed by atoms with Gasteiger partial charge in [-0.25, -0.2) is 0 Å². The van der Waals surface area contributed by atoms with Crippen LogP contribution < -0.4 is 0 Å². The van der Waals surface area contributed by atoms with Crippen LogP contribution in [0.1, 0.15) is 77.0 Å². The van der Waals surface area contributed by atoms with Gasteiger partial charge in [0.1, 0.15) is 0 Å². The van der Waals surface area contributed by atoms with Crippen LogP contribution in [0.4, 0.5) is 0 Å². The van der Waals surface area contributed by atoms with Gasteiger partial charge in [0.2, 0.25) is 0 Å². The third-order valence-electron chi connectivity index (χ3n) is 3.03. The Balaban J connectivity index is 3.12. The summed E-state index contributed by atoms with van der Waals surface area (Å²) in [4.78, 5) is 10.3. The molecule has 0 atom stereocenters. The van der Waals surface area contributed by atoms with E-state index in [1.165, 1.54) is 25.7 Å². The molecule has 0 unspecified atom stereocenters. The summed E-state index contributed by atoms with van der Waals surface area (Å²) in [5, 5.41) is 17.1. The molecule has 19 heavy (non-hydrogen) atoms. The fourth-order valence-corrected chi connectivity index (χ4v) is 1.88. The zero-order valence-electron chi connectivity index (χ0n) is 12.0. The second-order valence-electron chi connectivity index (χ2n) is 4.90. The predicted molar refractivity (Wildman–Crippen MR) is 77.9 cm³/mol. The van der Waals surface area contributed by atoms with Crippen LogP contribution in [-0.4, -0.2) is 22.8 Å². The molecule has 0 amide bonds. The van der Waals surface area contributed by atoms with Crippen molar-refractivity contribution in [3.05, 3.63) is 0 Å². The van der Waals surface area contributed by atoms with E-state index in [2.05, 4.69) is 11.8 Å². The number of hydrogen-bond donors (Lipinski definition) is 2. The molecular weight excluding hydrogens is 240 g/mol. The maximum absolute atomic E-state index is 10.3. The van der Waals surface area contributed by atoms with E-state index in [-0.39, 0.29) is 6.42 Å². The molecule has 0 spiro atoms. The number of aliphatic carboxylic acids is 1. The monoisotopic (exact) mass is 268 g/mol. The van der Waals surface area contributed by atoms with Gasteiger partial charge >= 0.3 is 5.97 Å². The molecule has 0 aromatic carbocycles. The Kier molecular flexibility index (Phi) is 14.2. The molecule has 0 aliphatic rings. The minimum atomic E-state index is -0.704.